The Morgan fingerprint density at radius 2 is 1.63 bits per heavy atom. The van der Waals surface area contributed by atoms with Gasteiger partial charge in [0.05, 0.1) is 10.6 Å². The van der Waals surface area contributed by atoms with Crippen LogP contribution in [0.3, 0.4) is 0 Å². The molecule has 0 bridgehead atoms. The van der Waals surface area contributed by atoms with Gasteiger partial charge >= 0.3 is 0 Å². The van der Waals surface area contributed by atoms with E-state index < -0.39 is 5.91 Å². The van der Waals surface area contributed by atoms with Crippen LogP contribution in [-0.2, 0) is 22.6 Å². The average Bonchev–Trinajstić information content (AvgIpc) is 3.35. The summed E-state index contributed by atoms with van der Waals surface area (Å²) in [5, 5.41) is 1.61. The first kappa shape index (κ1) is 22.7. The number of amides is 2. The maximum Gasteiger partial charge on any atom is 0.266 e. The Morgan fingerprint density at radius 3 is 2.37 bits per heavy atom. The molecule has 0 aliphatic carbocycles. The molecule has 0 unspecified atom stereocenters. The molecule has 0 spiro atoms. The third-order valence-corrected chi connectivity index (χ3v) is 6.77. The maximum atomic E-state index is 13.5. The van der Waals surface area contributed by atoms with Gasteiger partial charge in [-0.15, -0.1) is 0 Å². The normalized spacial score (nSPS) is 16.0. The van der Waals surface area contributed by atoms with Crippen LogP contribution in [0.25, 0.3) is 17.0 Å². The van der Waals surface area contributed by atoms with Crippen molar-refractivity contribution in [2.24, 2.45) is 10.7 Å². The second-order valence-corrected chi connectivity index (χ2v) is 9.24. The number of thioether (sulfide) groups is 1. The molecule has 7 heteroatoms. The van der Waals surface area contributed by atoms with E-state index in [1.807, 2.05) is 89.6 Å². The molecule has 35 heavy (non-hydrogen) atoms. The molecular weight excluding hydrogens is 456 g/mol. The van der Waals surface area contributed by atoms with Crippen molar-refractivity contribution in [1.29, 1.82) is 0 Å². The molecule has 0 radical (unpaired) electrons. The van der Waals surface area contributed by atoms with E-state index >= 15 is 0 Å². The standard InChI is InChI=1S/C28H24N4O2S/c29-26(33)19-31-18-21(23-13-7-8-14-24(23)31)17-25-27(34)32(16-15-20-9-3-1-4-10-20)28(35-25)30-22-11-5-2-6-12-22/h1-14,17-18H,15-16,19H2,(H2,29,33). The Kier molecular flexibility index (Phi) is 6.50. The van der Waals surface area contributed by atoms with Crippen LogP contribution in [0.2, 0.25) is 0 Å². The Hall–Kier alpha value is -4.10. The fourth-order valence-electron chi connectivity index (χ4n) is 4.12. The smallest absolute Gasteiger partial charge is 0.266 e. The molecule has 5 rings (SSSR count). The van der Waals surface area contributed by atoms with Gasteiger partial charge in [0.1, 0.15) is 6.54 Å². The number of carbonyl (C=O) groups is 2. The van der Waals surface area contributed by atoms with E-state index in [1.54, 1.807) is 4.90 Å². The number of carbonyl (C=O) groups excluding carboxylic acids is 2. The van der Waals surface area contributed by atoms with Crippen LogP contribution in [0.4, 0.5) is 5.69 Å². The number of hydrogen-bond donors (Lipinski definition) is 1. The van der Waals surface area contributed by atoms with Gasteiger partial charge < -0.3 is 10.3 Å². The van der Waals surface area contributed by atoms with Crippen molar-refractivity contribution in [3.8, 4) is 0 Å². The average molecular weight is 481 g/mol. The fraction of sp³-hybridized carbons (Fsp3) is 0.107. The van der Waals surface area contributed by atoms with Crippen LogP contribution in [-0.4, -0.2) is 33.0 Å². The summed E-state index contributed by atoms with van der Waals surface area (Å²) in [7, 11) is 0. The molecule has 2 N–H and O–H groups in total. The minimum atomic E-state index is -0.416. The summed E-state index contributed by atoms with van der Waals surface area (Å²) in [5.74, 6) is -0.493. The van der Waals surface area contributed by atoms with Crippen molar-refractivity contribution in [1.82, 2.24) is 9.47 Å². The second-order valence-electron chi connectivity index (χ2n) is 8.23. The summed E-state index contributed by atoms with van der Waals surface area (Å²) in [6, 6.07) is 27.5. The highest BCUT2D eigenvalue weighted by atomic mass is 32.2. The minimum Gasteiger partial charge on any atom is -0.368 e. The summed E-state index contributed by atoms with van der Waals surface area (Å²) >= 11 is 1.37. The van der Waals surface area contributed by atoms with Gasteiger partial charge in [-0.2, -0.15) is 0 Å². The number of nitrogens with zero attached hydrogens (tertiary/aromatic N) is 3. The molecule has 1 aromatic heterocycles. The Morgan fingerprint density at radius 1 is 0.943 bits per heavy atom. The first-order chi connectivity index (χ1) is 17.1. The zero-order chi connectivity index (χ0) is 24.2. The number of fused-ring (bicyclic) bond motifs is 1. The lowest BCUT2D eigenvalue weighted by Gasteiger charge is -2.15. The number of hydrogen-bond acceptors (Lipinski definition) is 4. The van der Waals surface area contributed by atoms with Crippen LogP contribution in [0, 0.1) is 0 Å². The van der Waals surface area contributed by atoms with Gasteiger partial charge in [-0.3, -0.25) is 14.5 Å². The first-order valence-electron chi connectivity index (χ1n) is 11.3. The van der Waals surface area contributed by atoms with E-state index in [1.165, 1.54) is 11.8 Å². The number of nitrogens with two attached hydrogens (primary N) is 1. The summed E-state index contributed by atoms with van der Waals surface area (Å²) in [6.07, 6.45) is 4.49. The number of amidine groups is 1. The highest BCUT2D eigenvalue weighted by Gasteiger charge is 2.33. The quantitative estimate of drug-likeness (QED) is 0.379. The number of para-hydroxylation sites is 2. The van der Waals surface area contributed by atoms with Gasteiger partial charge in [0.15, 0.2) is 5.17 Å². The lowest BCUT2D eigenvalue weighted by atomic mass is 10.1. The van der Waals surface area contributed by atoms with Gasteiger partial charge in [0, 0.05) is 29.2 Å². The topological polar surface area (TPSA) is 80.7 Å². The summed E-state index contributed by atoms with van der Waals surface area (Å²) in [6.45, 7) is 0.608. The van der Waals surface area contributed by atoms with E-state index in [0.29, 0.717) is 16.6 Å². The Bertz CT molecular complexity index is 1440. The van der Waals surface area contributed by atoms with Crippen molar-refractivity contribution in [2.45, 2.75) is 13.0 Å². The molecule has 1 aliphatic heterocycles. The zero-order valence-electron chi connectivity index (χ0n) is 19.0. The monoisotopic (exact) mass is 480 g/mol. The van der Waals surface area contributed by atoms with E-state index in [0.717, 1.165) is 34.1 Å². The van der Waals surface area contributed by atoms with E-state index in [4.69, 9.17) is 10.7 Å². The van der Waals surface area contributed by atoms with Crippen molar-refractivity contribution in [3.05, 3.63) is 107 Å². The largest absolute Gasteiger partial charge is 0.368 e. The van der Waals surface area contributed by atoms with Crippen molar-refractivity contribution in [2.75, 3.05) is 6.54 Å². The molecule has 1 aliphatic rings. The third kappa shape index (κ3) is 5.05. The Labute approximate surface area is 207 Å². The number of primary amides is 1. The van der Waals surface area contributed by atoms with Crippen molar-refractivity contribution < 1.29 is 9.59 Å². The first-order valence-corrected chi connectivity index (χ1v) is 12.2. The van der Waals surface area contributed by atoms with Crippen LogP contribution < -0.4 is 5.73 Å². The molecule has 174 valence electrons. The minimum absolute atomic E-state index is 0.0765. The predicted octanol–water partition coefficient (Wildman–Crippen LogP) is 4.97. The summed E-state index contributed by atoms with van der Waals surface area (Å²) < 4.78 is 1.82. The summed E-state index contributed by atoms with van der Waals surface area (Å²) in [4.78, 5) is 32.2. The molecule has 1 fully saturated rings. The van der Waals surface area contributed by atoms with E-state index in [9.17, 15) is 9.59 Å². The molecule has 2 heterocycles. The molecule has 0 atom stereocenters. The van der Waals surface area contributed by atoms with Crippen molar-refractivity contribution in [3.63, 3.8) is 0 Å². The maximum absolute atomic E-state index is 13.5. The van der Waals surface area contributed by atoms with Gasteiger partial charge in [0.25, 0.3) is 5.91 Å². The molecule has 0 saturated carbocycles. The van der Waals surface area contributed by atoms with E-state index in [2.05, 4.69) is 12.1 Å². The predicted molar refractivity (Wildman–Crippen MR) is 142 cm³/mol. The number of rotatable bonds is 7. The van der Waals surface area contributed by atoms with Crippen LogP contribution in [0.1, 0.15) is 11.1 Å². The molecule has 4 aromatic rings. The van der Waals surface area contributed by atoms with Crippen LogP contribution in [0.5, 0.6) is 0 Å². The highest BCUT2D eigenvalue weighted by Crippen LogP contribution is 2.35. The SMILES string of the molecule is NC(=O)Cn1cc(C=C2SC(=Nc3ccccc3)N(CCc3ccccc3)C2=O)c2ccccc21. The molecular formula is C28H24N4O2S. The summed E-state index contributed by atoms with van der Waals surface area (Å²) in [5.41, 5.74) is 9.17. The lowest BCUT2D eigenvalue weighted by Crippen LogP contribution is -2.31. The zero-order valence-corrected chi connectivity index (χ0v) is 19.8. The molecule has 1 saturated heterocycles. The van der Waals surface area contributed by atoms with Gasteiger partial charge in [-0.05, 0) is 48.0 Å². The van der Waals surface area contributed by atoms with Gasteiger partial charge in [-0.1, -0.05) is 66.7 Å². The number of aromatic nitrogens is 1. The Balaban J connectivity index is 1.50. The third-order valence-electron chi connectivity index (χ3n) is 5.77. The van der Waals surface area contributed by atoms with Gasteiger partial charge in [-0.25, -0.2) is 4.99 Å². The highest BCUT2D eigenvalue weighted by molar-refractivity contribution is 8.18. The van der Waals surface area contributed by atoms with Crippen LogP contribution >= 0.6 is 11.8 Å². The number of benzene rings is 3. The molecule has 3 aromatic carbocycles. The lowest BCUT2D eigenvalue weighted by molar-refractivity contribution is -0.122. The van der Waals surface area contributed by atoms with E-state index in [-0.39, 0.29) is 12.5 Å². The van der Waals surface area contributed by atoms with Gasteiger partial charge in [0.2, 0.25) is 5.91 Å². The molecule has 2 amide bonds. The van der Waals surface area contributed by atoms with Crippen LogP contribution in [0.15, 0.2) is 101 Å². The number of aliphatic imine (C=N–C) groups is 1. The van der Waals surface area contributed by atoms with Crippen molar-refractivity contribution >= 4 is 51.4 Å². The fourth-order valence-corrected chi connectivity index (χ4v) is 5.13. The molecule has 6 nitrogen and oxygen atoms in total. The second kappa shape index (κ2) is 10.0.